The van der Waals surface area contributed by atoms with Gasteiger partial charge in [0.25, 0.3) is 0 Å². The van der Waals surface area contributed by atoms with Crippen LogP contribution in [0.1, 0.15) is 33.6 Å². The molecule has 1 aliphatic heterocycles. The highest BCUT2D eigenvalue weighted by molar-refractivity contribution is 7.89. The highest BCUT2D eigenvalue weighted by Crippen LogP contribution is 2.27. The Kier molecular flexibility index (Phi) is 6.27. The van der Waals surface area contributed by atoms with Gasteiger partial charge in [0.2, 0.25) is 10.0 Å². The lowest BCUT2D eigenvalue weighted by Gasteiger charge is -2.33. The maximum absolute atomic E-state index is 14.2. The average Bonchev–Trinajstić information content (AvgIpc) is 2.54. The minimum absolute atomic E-state index is 0.269. The van der Waals surface area contributed by atoms with E-state index >= 15 is 0 Å². The first-order valence-electron chi connectivity index (χ1n) is 8.20. The van der Waals surface area contributed by atoms with E-state index in [0.717, 1.165) is 12.1 Å². The van der Waals surface area contributed by atoms with Crippen LogP contribution in [0.3, 0.4) is 0 Å². The lowest BCUT2D eigenvalue weighted by molar-refractivity contribution is 0.0218. The largest absolute Gasteiger partial charge is 0.444 e. The van der Waals surface area contributed by atoms with Crippen molar-refractivity contribution in [3.63, 3.8) is 0 Å². The van der Waals surface area contributed by atoms with Crippen LogP contribution in [0.25, 0.3) is 0 Å². The molecule has 0 aromatic heterocycles. The fourth-order valence-corrected chi connectivity index (χ4v) is 4.71. The van der Waals surface area contributed by atoms with Crippen molar-refractivity contribution in [3.8, 4) is 0 Å². The maximum atomic E-state index is 14.2. The van der Waals surface area contributed by atoms with E-state index in [2.05, 4.69) is 0 Å². The average molecular weight is 424 g/mol. The predicted molar refractivity (Wildman–Crippen MR) is 95.0 cm³/mol. The number of ether oxygens (including phenoxy) is 1. The molecule has 152 valence electrons. The Morgan fingerprint density at radius 1 is 1.22 bits per heavy atom. The van der Waals surface area contributed by atoms with E-state index in [-0.39, 0.29) is 13.1 Å². The molecule has 1 aromatic carbocycles. The molecule has 1 unspecified atom stereocenters. The summed E-state index contributed by atoms with van der Waals surface area (Å²) in [6, 6.07) is 1.77. The van der Waals surface area contributed by atoms with Crippen molar-refractivity contribution in [1.29, 1.82) is 0 Å². The minimum atomic E-state index is -4.43. The summed E-state index contributed by atoms with van der Waals surface area (Å²) in [4.78, 5) is 12.1. The third-order valence-corrected chi connectivity index (χ3v) is 6.69. The minimum Gasteiger partial charge on any atom is -0.444 e. The number of likely N-dealkylation sites (tertiary alicyclic amines) is 1. The molecular formula is C16H22F2N2O5S2. The van der Waals surface area contributed by atoms with Gasteiger partial charge in [0.15, 0.2) is 11.6 Å². The lowest BCUT2D eigenvalue weighted by Crippen LogP contribution is -2.43. The summed E-state index contributed by atoms with van der Waals surface area (Å²) < 4.78 is 68.6. The molecule has 0 radical (unpaired) electrons. The van der Waals surface area contributed by atoms with Gasteiger partial charge in [0.05, 0.1) is 15.7 Å². The van der Waals surface area contributed by atoms with E-state index in [4.69, 9.17) is 9.88 Å². The zero-order chi connectivity index (χ0) is 20.6. The Bertz CT molecular complexity index is 860. The van der Waals surface area contributed by atoms with Crippen LogP contribution in [0, 0.1) is 11.6 Å². The molecule has 1 aliphatic rings. The quantitative estimate of drug-likeness (QED) is 0.800. The Hall–Kier alpha value is -1.59. The van der Waals surface area contributed by atoms with Crippen molar-refractivity contribution in [2.45, 2.75) is 54.3 Å². The number of benzene rings is 1. The molecule has 0 bridgehead atoms. The van der Waals surface area contributed by atoms with Gasteiger partial charge in [-0.1, -0.05) is 0 Å². The number of sulfonamides is 1. The summed E-state index contributed by atoms with van der Waals surface area (Å²) in [5, 5.41) is 4.32. The molecule has 0 spiro atoms. The monoisotopic (exact) mass is 424 g/mol. The van der Waals surface area contributed by atoms with Crippen LogP contribution >= 0.6 is 0 Å². The van der Waals surface area contributed by atoms with Gasteiger partial charge in [0, 0.05) is 18.3 Å². The van der Waals surface area contributed by atoms with Gasteiger partial charge in [-0.15, -0.1) is 0 Å². The number of carbonyl (C=O) groups is 1. The summed E-state index contributed by atoms with van der Waals surface area (Å²) in [5.41, 5.74) is -0.636. The van der Waals surface area contributed by atoms with Crippen LogP contribution in [0.4, 0.5) is 13.6 Å². The van der Waals surface area contributed by atoms with Gasteiger partial charge in [-0.3, -0.25) is 4.21 Å². The Balaban J connectivity index is 2.11. The Labute approximate surface area is 159 Å². The normalized spacial score (nSPS) is 17.6. The topological polar surface area (TPSA) is 107 Å². The molecule has 7 nitrogen and oxygen atoms in total. The molecule has 2 rings (SSSR count). The van der Waals surface area contributed by atoms with E-state index in [1.807, 2.05) is 0 Å². The zero-order valence-electron chi connectivity index (χ0n) is 15.2. The van der Waals surface area contributed by atoms with Crippen LogP contribution in [0.5, 0.6) is 0 Å². The Morgan fingerprint density at radius 2 is 1.78 bits per heavy atom. The van der Waals surface area contributed by atoms with Gasteiger partial charge in [-0.2, -0.15) is 0 Å². The lowest BCUT2D eigenvalue weighted by atomic mass is 10.1. The second-order valence-electron chi connectivity index (χ2n) is 7.20. The molecule has 1 aromatic rings. The highest BCUT2D eigenvalue weighted by Gasteiger charge is 2.32. The van der Waals surface area contributed by atoms with Gasteiger partial charge >= 0.3 is 6.09 Å². The molecular weight excluding hydrogens is 402 g/mol. The first kappa shape index (κ1) is 21.7. The predicted octanol–water partition coefficient (Wildman–Crippen LogP) is 2.12. The summed E-state index contributed by atoms with van der Waals surface area (Å²) in [5.74, 6) is -3.14. The number of hydrogen-bond acceptors (Lipinski definition) is 5. The van der Waals surface area contributed by atoms with E-state index < -0.39 is 59.2 Å². The first-order valence-corrected chi connectivity index (χ1v) is 11.0. The molecule has 1 atom stereocenters. The van der Waals surface area contributed by atoms with Crippen LogP contribution in [-0.4, -0.2) is 47.6 Å². The first-order chi connectivity index (χ1) is 12.3. The number of nitrogens with two attached hydrogens (primary N) is 1. The number of carbonyl (C=O) groups excluding carboxylic acids is 1. The fraction of sp³-hybridized carbons (Fsp3) is 0.562. The van der Waals surface area contributed by atoms with Crippen molar-refractivity contribution in [2.24, 2.45) is 5.14 Å². The van der Waals surface area contributed by atoms with Crippen molar-refractivity contribution in [2.75, 3.05) is 13.1 Å². The molecule has 2 N–H and O–H groups in total. The summed E-state index contributed by atoms with van der Waals surface area (Å²) in [7, 11) is -6.33. The third kappa shape index (κ3) is 5.23. The number of halogens is 2. The van der Waals surface area contributed by atoms with Gasteiger partial charge < -0.3 is 9.64 Å². The fourth-order valence-electron chi connectivity index (χ4n) is 2.65. The number of primary sulfonamides is 1. The van der Waals surface area contributed by atoms with Crippen LogP contribution < -0.4 is 5.14 Å². The molecule has 0 aliphatic carbocycles. The van der Waals surface area contributed by atoms with Gasteiger partial charge in [0.1, 0.15) is 10.5 Å². The molecule has 0 saturated carbocycles. The maximum Gasteiger partial charge on any atom is 0.410 e. The summed E-state index contributed by atoms with van der Waals surface area (Å²) in [6.45, 7) is 5.77. The standard InChI is InChI=1S/C16H22F2N2O5S2/c1-16(2,3)25-15(21)20-8-6-10(7-9-20)26(22)11-4-5-12(27(19,23)24)14(18)13(11)17/h4-5,10H,6-9H2,1-3H3,(H2,19,23,24). The SMILES string of the molecule is CC(C)(C)OC(=O)N1CCC(S(=O)c2ccc(S(N)(=O)=O)c(F)c2F)CC1. The molecule has 11 heteroatoms. The summed E-state index contributed by atoms with van der Waals surface area (Å²) >= 11 is 0. The molecule has 1 saturated heterocycles. The van der Waals surface area contributed by atoms with Crippen LogP contribution in [0.2, 0.25) is 0 Å². The van der Waals surface area contributed by atoms with Gasteiger partial charge in [-0.05, 0) is 45.7 Å². The van der Waals surface area contributed by atoms with E-state index in [1.54, 1.807) is 20.8 Å². The number of nitrogens with zero attached hydrogens (tertiary/aromatic N) is 1. The number of rotatable bonds is 3. The van der Waals surface area contributed by atoms with Gasteiger partial charge in [-0.25, -0.2) is 27.1 Å². The number of amides is 1. The highest BCUT2D eigenvalue weighted by atomic mass is 32.2. The van der Waals surface area contributed by atoms with Crippen LogP contribution in [0.15, 0.2) is 21.9 Å². The van der Waals surface area contributed by atoms with Crippen molar-refractivity contribution in [1.82, 2.24) is 4.90 Å². The van der Waals surface area contributed by atoms with Crippen molar-refractivity contribution >= 4 is 26.9 Å². The van der Waals surface area contributed by atoms with E-state index in [0.29, 0.717) is 12.8 Å². The number of piperidine rings is 1. The number of hydrogen-bond donors (Lipinski definition) is 1. The second kappa shape index (κ2) is 7.80. The smallest absolute Gasteiger partial charge is 0.410 e. The second-order valence-corrected chi connectivity index (χ2v) is 10.4. The molecule has 1 heterocycles. The van der Waals surface area contributed by atoms with E-state index in [9.17, 15) is 26.2 Å². The Morgan fingerprint density at radius 3 is 2.26 bits per heavy atom. The summed E-state index contributed by atoms with van der Waals surface area (Å²) in [6.07, 6.45) is 0.134. The third-order valence-electron chi connectivity index (χ3n) is 3.93. The van der Waals surface area contributed by atoms with E-state index in [1.165, 1.54) is 4.90 Å². The zero-order valence-corrected chi connectivity index (χ0v) is 16.8. The van der Waals surface area contributed by atoms with Crippen molar-refractivity contribution in [3.05, 3.63) is 23.8 Å². The molecule has 1 amide bonds. The van der Waals surface area contributed by atoms with Crippen molar-refractivity contribution < 1.29 is 30.9 Å². The molecule has 1 fully saturated rings. The molecule has 27 heavy (non-hydrogen) atoms. The van der Waals surface area contributed by atoms with Crippen LogP contribution in [-0.2, 0) is 25.6 Å².